The van der Waals surface area contributed by atoms with Crippen LogP contribution >= 0.6 is 11.6 Å². The van der Waals surface area contributed by atoms with E-state index in [2.05, 4.69) is 58.2 Å². The minimum Gasteiger partial charge on any atom is -0.359 e. The number of imidazole rings is 1. The lowest BCUT2D eigenvalue weighted by Gasteiger charge is -2.30. The lowest BCUT2D eigenvalue weighted by Crippen LogP contribution is -2.27. The molecule has 6 nitrogen and oxygen atoms in total. The van der Waals surface area contributed by atoms with E-state index >= 15 is 0 Å². The fraction of sp³-hybridized carbons (Fsp3) is 0.318. The molecule has 1 aliphatic rings. The summed E-state index contributed by atoms with van der Waals surface area (Å²) < 4.78 is 0. The van der Waals surface area contributed by atoms with E-state index in [1.807, 2.05) is 13.0 Å². The number of H-pyrrole nitrogens is 1. The summed E-state index contributed by atoms with van der Waals surface area (Å²) in [5.41, 5.74) is 6.34. The van der Waals surface area contributed by atoms with Gasteiger partial charge in [0.1, 0.15) is 11.5 Å². The molecule has 148 valence electrons. The zero-order valence-electron chi connectivity index (χ0n) is 16.7. The average Bonchev–Trinajstić information content (AvgIpc) is 3.42. The van der Waals surface area contributed by atoms with Crippen molar-refractivity contribution in [1.29, 1.82) is 0 Å². The maximum atomic E-state index is 6.33. The van der Waals surface area contributed by atoms with Crippen molar-refractivity contribution in [2.24, 2.45) is 5.92 Å². The summed E-state index contributed by atoms with van der Waals surface area (Å²) in [4.78, 5) is 12.6. The van der Waals surface area contributed by atoms with Gasteiger partial charge in [-0.3, -0.25) is 0 Å². The highest BCUT2D eigenvalue weighted by Crippen LogP contribution is 2.43. The summed E-state index contributed by atoms with van der Waals surface area (Å²) in [5.74, 6) is 1.44. The highest BCUT2D eigenvalue weighted by Gasteiger charge is 2.37. The summed E-state index contributed by atoms with van der Waals surface area (Å²) in [6.07, 6.45) is 4.52. The van der Waals surface area contributed by atoms with Crippen LogP contribution in [0.3, 0.4) is 0 Å². The molecule has 2 aromatic heterocycles. The van der Waals surface area contributed by atoms with E-state index in [4.69, 9.17) is 16.6 Å². The molecule has 0 radical (unpaired) electrons. The number of fused-ring (bicyclic) bond motifs is 1. The third-order valence-corrected chi connectivity index (χ3v) is 6.31. The zero-order valence-corrected chi connectivity index (χ0v) is 17.5. The number of hydrogen-bond acceptors (Lipinski definition) is 4. The highest BCUT2D eigenvalue weighted by atomic mass is 35.5. The molecule has 0 bridgehead atoms. The second kappa shape index (κ2) is 6.88. The third-order valence-electron chi connectivity index (χ3n) is 5.90. The molecule has 0 amide bonds. The van der Waals surface area contributed by atoms with Crippen molar-refractivity contribution in [3.05, 3.63) is 64.7 Å². The molecule has 0 unspecified atom stereocenters. The van der Waals surface area contributed by atoms with Crippen molar-refractivity contribution in [2.75, 3.05) is 11.4 Å². The quantitative estimate of drug-likeness (QED) is 0.520. The van der Waals surface area contributed by atoms with Crippen LogP contribution in [-0.2, 0) is 0 Å². The molecule has 4 aromatic rings. The van der Waals surface area contributed by atoms with Gasteiger partial charge in [0, 0.05) is 11.6 Å². The molecular weight excluding hydrogens is 384 g/mol. The van der Waals surface area contributed by atoms with Crippen molar-refractivity contribution in [2.45, 2.75) is 33.2 Å². The fourth-order valence-electron chi connectivity index (χ4n) is 4.43. The summed E-state index contributed by atoms with van der Waals surface area (Å²) in [6, 6.07) is 10.4. The normalized spacial score (nSPS) is 19.4. The molecule has 0 spiro atoms. The standard InChI is InChI=1S/C22H23ClN6/c1-13-5-4-6-19(29-24-8-9-25-29)20(13)28-10-7-14(2)21(28)22-26-17-11-15(3)16(23)12-18(17)27-22/h4-6,8-9,11-12,14,21H,7,10H2,1-3H3,(H,26,27)/t14-,21-/m0/s1. The molecule has 29 heavy (non-hydrogen) atoms. The molecule has 2 aromatic carbocycles. The van der Waals surface area contributed by atoms with Gasteiger partial charge in [-0.05, 0) is 55.5 Å². The SMILES string of the molecule is Cc1cc2[nH]c([C@@H]3[C@@H](C)CCN3c3c(C)cccc3-n3nccn3)nc2cc1Cl. The van der Waals surface area contributed by atoms with Crippen LogP contribution in [0.5, 0.6) is 0 Å². The Balaban J connectivity index is 1.64. The fourth-order valence-corrected chi connectivity index (χ4v) is 4.59. The summed E-state index contributed by atoms with van der Waals surface area (Å²) in [6.45, 7) is 7.41. The van der Waals surface area contributed by atoms with Gasteiger partial charge in [-0.1, -0.05) is 30.7 Å². The molecule has 0 aliphatic carbocycles. The van der Waals surface area contributed by atoms with Crippen LogP contribution in [0.2, 0.25) is 5.02 Å². The summed E-state index contributed by atoms with van der Waals surface area (Å²) in [5, 5.41) is 9.49. The third kappa shape index (κ3) is 2.99. The van der Waals surface area contributed by atoms with Crippen LogP contribution in [0.25, 0.3) is 16.7 Å². The first kappa shape index (κ1) is 18.2. The van der Waals surface area contributed by atoms with E-state index in [0.717, 1.165) is 51.8 Å². The topological polar surface area (TPSA) is 62.6 Å². The summed E-state index contributed by atoms with van der Waals surface area (Å²) in [7, 11) is 0. The van der Waals surface area contributed by atoms with Crippen LogP contribution in [0.1, 0.15) is 36.3 Å². The van der Waals surface area contributed by atoms with Gasteiger partial charge >= 0.3 is 0 Å². The van der Waals surface area contributed by atoms with Gasteiger partial charge in [0.2, 0.25) is 0 Å². The lowest BCUT2D eigenvalue weighted by atomic mass is 10.0. The van der Waals surface area contributed by atoms with Crippen molar-refractivity contribution < 1.29 is 0 Å². The highest BCUT2D eigenvalue weighted by molar-refractivity contribution is 6.32. The van der Waals surface area contributed by atoms with Gasteiger partial charge in [-0.25, -0.2) is 4.98 Å². The molecule has 7 heteroatoms. The molecule has 1 fully saturated rings. The van der Waals surface area contributed by atoms with Crippen molar-refractivity contribution in [3.8, 4) is 5.69 Å². The van der Waals surface area contributed by atoms with Gasteiger partial charge in [-0.15, -0.1) is 4.80 Å². The van der Waals surface area contributed by atoms with Gasteiger partial charge in [0.25, 0.3) is 0 Å². The number of rotatable bonds is 3. The largest absolute Gasteiger partial charge is 0.359 e. The van der Waals surface area contributed by atoms with Crippen molar-refractivity contribution >= 4 is 28.3 Å². The Morgan fingerprint density at radius 3 is 2.69 bits per heavy atom. The van der Waals surface area contributed by atoms with Crippen LogP contribution in [-0.4, -0.2) is 31.5 Å². The van der Waals surface area contributed by atoms with E-state index in [0.29, 0.717) is 5.92 Å². The Bertz CT molecular complexity index is 1140. The number of aromatic amines is 1. The molecule has 1 aliphatic heterocycles. The summed E-state index contributed by atoms with van der Waals surface area (Å²) >= 11 is 6.33. The number of halogens is 1. The Kier molecular flexibility index (Phi) is 4.32. The Hall–Kier alpha value is -2.86. The molecule has 5 rings (SSSR count). The minimum atomic E-state index is 0.150. The Morgan fingerprint density at radius 1 is 1.10 bits per heavy atom. The van der Waals surface area contributed by atoms with E-state index in [1.54, 1.807) is 17.2 Å². The number of anilines is 1. The van der Waals surface area contributed by atoms with E-state index in [1.165, 1.54) is 5.56 Å². The number of hydrogen-bond donors (Lipinski definition) is 1. The van der Waals surface area contributed by atoms with Crippen molar-refractivity contribution in [3.63, 3.8) is 0 Å². The van der Waals surface area contributed by atoms with Crippen LogP contribution in [0.4, 0.5) is 5.69 Å². The molecule has 1 N–H and O–H groups in total. The number of nitrogens with one attached hydrogen (secondary N) is 1. The second-order valence-corrected chi connectivity index (χ2v) is 8.31. The molecule has 0 saturated carbocycles. The van der Waals surface area contributed by atoms with E-state index in [-0.39, 0.29) is 6.04 Å². The first-order valence-electron chi connectivity index (χ1n) is 9.91. The zero-order chi connectivity index (χ0) is 20.1. The second-order valence-electron chi connectivity index (χ2n) is 7.91. The van der Waals surface area contributed by atoms with Gasteiger partial charge < -0.3 is 9.88 Å². The Labute approximate surface area is 174 Å². The smallest absolute Gasteiger partial charge is 0.130 e. The molecule has 2 atom stereocenters. The molecule has 1 saturated heterocycles. The van der Waals surface area contributed by atoms with Crippen LogP contribution < -0.4 is 4.90 Å². The predicted octanol–water partition coefficient (Wildman–Crippen LogP) is 5.00. The number of aryl methyl sites for hydroxylation is 2. The minimum absolute atomic E-state index is 0.150. The maximum Gasteiger partial charge on any atom is 0.130 e. The van der Waals surface area contributed by atoms with Crippen LogP contribution in [0, 0.1) is 19.8 Å². The van der Waals surface area contributed by atoms with Crippen LogP contribution in [0.15, 0.2) is 42.7 Å². The Morgan fingerprint density at radius 2 is 1.90 bits per heavy atom. The first-order chi connectivity index (χ1) is 14.0. The predicted molar refractivity (Wildman–Crippen MR) is 116 cm³/mol. The molecular formula is C22H23ClN6. The number of nitrogens with zero attached hydrogens (tertiary/aromatic N) is 5. The van der Waals surface area contributed by atoms with Gasteiger partial charge in [-0.2, -0.15) is 10.2 Å². The first-order valence-corrected chi connectivity index (χ1v) is 10.3. The van der Waals surface area contributed by atoms with E-state index < -0.39 is 0 Å². The number of benzene rings is 2. The maximum absolute atomic E-state index is 6.33. The van der Waals surface area contributed by atoms with Gasteiger partial charge in [0.05, 0.1) is 35.2 Å². The lowest BCUT2D eigenvalue weighted by molar-refractivity contribution is 0.513. The van der Waals surface area contributed by atoms with E-state index in [9.17, 15) is 0 Å². The monoisotopic (exact) mass is 406 g/mol. The number of para-hydroxylation sites is 1. The number of aromatic nitrogens is 5. The average molecular weight is 407 g/mol. The van der Waals surface area contributed by atoms with Crippen molar-refractivity contribution in [1.82, 2.24) is 25.0 Å². The van der Waals surface area contributed by atoms with Gasteiger partial charge in [0.15, 0.2) is 0 Å². The molecule has 3 heterocycles.